The van der Waals surface area contributed by atoms with E-state index in [1.165, 1.54) is 16.8 Å². The first-order valence-electron chi connectivity index (χ1n) is 5.88. The average Bonchev–Trinajstić information content (AvgIpc) is 2.77. The highest BCUT2D eigenvalue weighted by Gasteiger charge is 2.18. The Morgan fingerprint density at radius 2 is 2.20 bits per heavy atom. The van der Waals surface area contributed by atoms with Crippen molar-refractivity contribution in [1.29, 1.82) is 0 Å². The monoisotopic (exact) mass is 304 g/mol. The van der Waals surface area contributed by atoms with Crippen LogP contribution in [0.2, 0.25) is 0 Å². The zero-order valence-electron chi connectivity index (χ0n) is 10.9. The fraction of sp³-hybridized carbons (Fsp3) is 0.500. The van der Waals surface area contributed by atoms with Gasteiger partial charge in [0.05, 0.1) is 16.9 Å². The van der Waals surface area contributed by atoms with E-state index in [0.717, 1.165) is 0 Å². The Kier molecular flexibility index (Phi) is 5.22. The summed E-state index contributed by atoms with van der Waals surface area (Å²) in [5.74, 6) is -0.725. The first kappa shape index (κ1) is 16.1. The van der Waals surface area contributed by atoms with Gasteiger partial charge >= 0.3 is 0 Å². The molecule has 10 heteroatoms. The molecule has 1 aromatic heterocycles. The third kappa shape index (κ3) is 4.63. The summed E-state index contributed by atoms with van der Waals surface area (Å²) in [5, 5.41) is 18.0. The SMILES string of the molecule is CCn1cc([N+](=O)[O-])cc1C(=O)NCCCS(N)(=O)=O. The molecule has 0 aliphatic heterocycles. The molecular formula is C10H16N4O5S. The number of sulfonamides is 1. The van der Waals surface area contributed by atoms with Crippen molar-refractivity contribution in [2.75, 3.05) is 12.3 Å². The van der Waals surface area contributed by atoms with E-state index in [1.807, 2.05) is 0 Å². The molecule has 0 aromatic carbocycles. The summed E-state index contributed by atoms with van der Waals surface area (Å²) >= 11 is 0. The highest BCUT2D eigenvalue weighted by molar-refractivity contribution is 7.89. The Balaban J connectivity index is 2.65. The summed E-state index contributed by atoms with van der Waals surface area (Å²) < 4.78 is 22.9. The maximum atomic E-state index is 11.8. The number of nitrogens with one attached hydrogen (secondary N) is 1. The number of nitrogens with two attached hydrogens (primary N) is 1. The van der Waals surface area contributed by atoms with Crippen molar-refractivity contribution >= 4 is 21.6 Å². The molecule has 0 saturated heterocycles. The number of hydrogen-bond acceptors (Lipinski definition) is 5. The van der Waals surface area contributed by atoms with E-state index in [0.29, 0.717) is 6.54 Å². The van der Waals surface area contributed by atoms with Gasteiger partial charge < -0.3 is 9.88 Å². The fourth-order valence-electron chi connectivity index (χ4n) is 1.61. The van der Waals surface area contributed by atoms with E-state index in [9.17, 15) is 23.3 Å². The maximum Gasteiger partial charge on any atom is 0.287 e. The summed E-state index contributed by atoms with van der Waals surface area (Å²) in [7, 11) is -3.55. The number of carbonyl (C=O) groups is 1. The van der Waals surface area contributed by atoms with Gasteiger partial charge in [-0.05, 0) is 13.3 Å². The summed E-state index contributed by atoms with van der Waals surface area (Å²) in [4.78, 5) is 21.9. The normalized spacial score (nSPS) is 11.3. The lowest BCUT2D eigenvalue weighted by atomic mass is 10.3. The third-order valence-electron chi connectivity index (χ3n) is 2.56. The number of primary sulfonamides is 1. The van der Waals surface area contributed by atoms with Crippen LogP contribution >= 0.6 is 0 Å². The van der Waals surface area contributed by atoms with E-state index in [-0.39, 0.29) is 30.1 Å². The molecule has 3 N–H and O–H groups in total. The van der Waals surface area contributed by atoms with Crippen molar-refractivity contribution in [2.24, 2.45) is 5.14 Å². The lowest BCUT2D eigenvalue weighted by Crippen LogP contribution is -2.28. The quantitative estimate of drug-likeness (QED) is 0.409. The van der Waals surface area contributed by atoms with Crippen molar-refractivity contribution < 1.29 is 18.1 Å². The number of nitrogens with zero attached hydrogens (tertiary/aromatic N) is 2. The average molecular weight is 304 g/mol. The molecule has 1 aromatic rings. The molecule has 0 aliphatic carbocycles. The highest BCUT2D eigenvalue weighted by Crippen LogP contribution is 2.16. The van der Waals surface area contributed by atoms with Crippen molar-refractivity contribution in [3.05, 3.63) is 28.1 Å². The molecule has 0 radical (unpaired) electrons. The Morgan fingerprint density at radius 1 is 1.55 bits per heavy atom. The minimum absolute atomic E-state index is 0.123. The molecule has 1 rings (SSSR count). The summed E-state index contributed by atoms with van der Waals surface area (Å²) in [6, 6.07) is 1.18. The van der Waals surface area contributed by atoms with Crippen LogP contribution in [0.15, 0.2) is 12.3 Å². The molecule has 0 saturated carbocycles. The molecule has 0 bridgehead atoms. The minimum Gasteiger partial charge on any atom is -0.351 e. The van der Waals surface area contributed by atoms with Crippen LogP contribution in [0.1, 0.15) is 23.8 Å². The number of carbonyl (C=O) groups excluding carboxylic acids is 1. The Labute approximate surface area is 116 Å². The predicted octanol–water partition coefficient (Wildman–Crippen LogP) is -0.175. The van der Waals surface area contributed by atoms with Crippen molar-refractivity contribution in [2.45, 2.75) is 19.9 Å². The topological polar surface area (TPSA) is 137 Å². The largest absolute Gasteiger partial charge is 0.351 e. The smallest absolute Gasteiger partial charge is 0.287 e. The van der Waals surface area contributed by atoms with Gasteiger partial charge in [-0.15, -0.1) is 0 Å². The molecule has 0 unspecified atom stereocenters. The van der Waals surface area contributed by atoms with Crippen LogP contribution in [0.4, 0.5) is 5.69 Å². The first-order valence-corrected chi connectivity index (χ1v) is 7.59. The third-order valence-corrected chi connectivity index (χ3v) is 3.42. The summed E-state index contributed by atoms with van der Waals surface area (Å²) in [5.41, 5.74) is -0.00339. The second kappa shape index (κ2) is 6.48. The van der Waals surface area contributed by atoms with Gasteiger partial charge in [-0.25, -0.2) is 13.6 Å². The molecule has 9 nitrogen and oxygen atoms in total. The Hall–Kier alpha value is -1.94. The van der Waals surface area contributed by atoms with E-state index in [1.54, 1.807) is 6.92 Å². The molecule has 1 heterocycles. The standard InChI is InChI=1S/C10H16N4O5S/c1-2-13-7-8(14(16)17)6-9(13)10(15)12-4-3-5-20(11,18)19/h6-7H,2-5H2,1H3,(H,12,15)(H2,11,18,19). The molecule has 112 valence electrons. The van der Waals surface area contributed by atoms with E-state index >= 15 is 0 Å². The number of aryl methyl sites for hydroxylation is 1. The van der Waals surface area contributed by atoms with Gasteiger partial charge in [0.1, 0.15) is 5.69 Å². The van der Waals surface area contributed by atoms with Gasteiger partial charge in [-0.2, -0.15) is 0 Å². The van der Waals surface area contributed by atoms with Crippen molar-refractivity contribution in [3.63, 3.8) is 0 Å². The van der Waals surface area contributed by atoms with Crippen LogP contribution in [0, 0.1) is 10.1 Å². The van der Waals surface area contributed by atoms with E-state index in [4.69, 9.17) is 5.14 Å². The van der Waals surface area contributed by atoms with Gasteiger partial charge in [0.2, 0.25) is 10.0 Å². The van der Waals surface area contributed by atoms with Crippen LogP contribution < -0.4 is 10.5 Å². The zero-order chi connectivity index (χ0) is 15.3. The molecule has 1 amide bonds. The summed E-state index contributed by atoms with van der Waals surface area (Å²) in [6.45, 7) is 2.28. The van der Waals surface area contributed by atoms with Gasteiger partial charge in [0.25, 0.3) is 11.6 Å². The van der Waals surface area contributed by atoms with E-state index < -0.39 is 20.9 Å². The van der Waals surface area contributed by atoms with Crippen LogP contribution in [-0.2, 0) is 16.6 Å². The number of nitro groups is 1. The van der Waals surface area contributed by atoms with Gasteiger partial charge in [0.15, 0.2) is 0 Å². The van der Waals surface area contributed by atoms with Crippen LogP contribution in [0.5, 0.6) is 0 Å². The molecule has 20 heavy (non-hydrogen) atoms. The maximum absolute atomic E-state index is 11.8. The Bertz CT molecular complexity index is 607. The molecule has 0 fully saturated rings. The predicted molar refractivity (Wildman–Crippen MR) is 71.7 cm³/mol. The number of hydrogen-bond donors (Lipinski definition) is 2. The molecule has 0 atom stereocenters. The molecule has 0 aliphatic rings. The highest BCUT2D eigenvalue weighted by atomic mass is 32.2. The first-order chi connectivity index (χ1) is 9.24. The van der Waals surface area contributed by atoms with Gasteiger partial charge in [0, 0.05) is 19.2 Å². The summed E-state index contributed by atoms with van der Waals surface area (Å²) in [6.07, 6.45) is 1.46. The lowest BCUT2D eigenvalue weighted by Gasteiger charge is -2.06. The number of aromatic nitrogens is 1. The van der Waals surface area contributed by atoms with Gasteiger partial charge in [-0.1, -0.05) is 0 Å². The number of rotatable bonds is 7. The lowest BCUT2D eigenvalue weighted by molar-refractivity contribution is -0.384. The Morgan fingerprint density at radius 3 is 2.70 bits per heavy atom. The van der Waals surface area contributed by atoms with E-state index in [2.05, 4.69) is 5.32 Å². The van der Waals surface area contributed by atoms with Crippen molar-refractivity contribution in [1.82, 2.24) is 9.88 Å². The second-order valence-corrected chi connectivity index (χ2v) is 5.84. The van der Waals surface area contributed by atoms with Crippen LogP contribution in [0.25, 0.3) is 0 Å². The second-order valence-electron chi connectivity index (χ2n) is 4.10. The minimum atomic E-state index is -3.55. The van der Waals surface area contributed by atoms with Gasteiger partial charge in [-0.3, -0.25) is 14.9 Å². The number of amides is 1. The fourth-order valence-corrected chi connectivity index (χ4v) is 2.16. The molecule has 0 spiro atoms. The molecular weight excluding hydrogens is 288 g/mol. The van der Waals surface area contributed by atoms with Crippen LogP contribution in [0.3, 0.4) is 0 Å². The zero-order valence-corrected chi connectivity index (χ0v) is 11.7. The van der Waals surface area contributed by atoms with Crippen molar-refractivity contribution in [3.8, 4) is 0 Å². The van der Waals surface area contributed by atoms with Crippen LogP contribution in [-0.4, -0.2) is 36.1 Å².